The van der Waals surface area contributed by atoms with E-state index >= 15 is 0 Å². The van der Waals surface area contributed by atoms with E-state index in [2.05, 4.69) is 0 Å². The van der Waals surface area contributed by atoms with Gasteiger partial charge in [0, 0.05) is 19.5 Å². The van der Waals surface area contributed by atoms with Crippen LogP contribution in [0.4, 0.5) is 0 Å². The van der Waals surface area contributed by atoms with E-state index in [1.807, 2.05) is 4.90 Å². The van der Waals surface area contributed by atoms with Crippen LogP contribution in [0.3, 0.4) is 0 Å². The zero-order valence-corrected chi connectivity index (χ0v) is 8.27. The number of carbonyl (C=O) groups excluding carboxylic acids is 1. The first-order chi connectivity index (χ1) is 6.61. The van der Waals surface area contributed by atoms with Crippen molar-refractivity contribution < 1.29 is 14.7 Å². The molecule has 1 saturated carbocycles. The lowest BCUT2D eigenvalue weighted by Crippen LogP contribution is -2.35. The first kappa shape index (κ1) is 9.49. The topological polar surface area (TPSA) is 57.6 Å². The van der Waals surface area contributed by atoms with Crippen LogP contribution in [0, 0.1) is 11.8 Å². The van der Waals surface area contributed by atoms with Gasteiger partial charge in [0.1, 0.15) is 0 Å². The summed E-state index contributed by atoms with van der Waals surface area (Å²) in [6.45, 7) is 2.37. The second kappa shape index (κ2) is 3.26. The van der Waals surface area contributed by atoms with Gasteiger partial charge < -0.3 is 10.0 Å². The average Bonchev–Trinajstić information content (AvgIpc) is 2.75. The van der Waals surface area contributed by atoms with Crippen molar-refractivity contribution in [3.63, 3.8) is 0 Å². The van der Waals surface area contributed by atoms with Crippen LogP contribution in [0.25, 0.3) is 0 Å². The van der Waals surface area contributed by atoms with Crippen LogP contribution in [0.5, 0.6) is 0 Å². The number of carboxylic acid groups (broad SMARTS) is 1. The summed E-state index contributed by atoms with van der Waals surface area (Å²) in [6.07, 6.45) is 2.75. The van der Waals surface area contributed by atoms with Gasteiger partial charge in [-0.3, -0.25) is 9.59 Å². The molecule has 0 aromatic carbocycles. The molecule has 0 bridgehead atoms. The number of hydrogen-bond donors (Lipinski definition) is 1. The lowest BCUT2D eigenvalue weighted by Gasteiger charge is -2.23. The highest BCUT2D eigenvalue weighted by molar-refractivity contribution is 5.76. The molecule has 1 heterocycles. The number of rotatable bonds is 2. The highest BCUT2D eigenvalue weighted by Gasteiger charge is 2.51. The second-order valence-electron chi connectivity index (χ2n) is 4.27. The number of likely N-dealkylation sites (tertiary alicyclic amines) is 1. The average molecular weight is 197 g/mol. The van der Waals surface area contributed by atoms with E-state index in [0.717, 1.165) is 25.8 Å². The standard InChI is InChI=1S/C10H15NO3/c1-6(12)11-4-2-3-9(11)7-5-8(7)10(13)14/h7-9H,2-5H2,1H3,(H,13,14). The van der Waals surface area contributed by atoms with Gasteiger partial charge in [0.15, 0.2) is 0 Å². The molecular formula is C10H15NO3. The smallest absolute Gasteiger partial charge is 0.306 e. The van der Waals surface area contributed by atoms with Crippen LogP contribution in [0.15, 0.2) is 0 Å². The molecule has 0 aromatic rings. The van der Waals surface area contributed by atoms with Crippen LogP contribution in [-0.2, 0) is 9.59 Å². The molecule has 0 radical (unpaired) electrons. The summed E-state index contributed by atoms with van der Waals surface area (Å²) in [4.78, 5) is 23.8. The predicted octanol–water partition coefficient (Wildman–Crippen LogP) is 0.718. The summed E-state index contributed by atoms with van der Waals surface area (Å²) in [7, 11) is 0. The molecule has 4 nitrogen and oxygen atoms in total. The van der Waals surface area contributed by atoms with Gasteiger partial charge >= 0.3 is 5.97 Å². The van der Waals surface area contributed by atoms with Gasteiger partial charge in [-0.2, -0.15) is 0 Å². The van der Waals surface area contributed by atoms with Crippen molar-refractivity contribution in [2.45, 2.75) is 32.2 Å². The highest BCUT2D eigenvalue weighted by atomic mass is 16.4. The Hall–Kier alpha value is -1.06. The number of hydrogen-bond acceptors (Lipinski definition) is 2. The van der Waals surface area contributed by atoms with Crippen LogP contribution < -0.4 is 0 Å². The van der Waals surface area contributed by atoms with E-state index in [4.69, 9.17) is 5.11 Å². The SMILES string of the molecule is CC(=O)N1CCCC1C1CC1C(=O)O. The summed E-state index contributed by atoms with van der Waals surface area (Å²) < 4.78 is 0. The van der Waals surface area contributed by atoms with Gasteiger partial charge in [-0.05, 0) is 25.2 Å². The first-order valence-electron chi connectivity index (χ1n) is 5.11. The molecule has 1 aliphatic carbocycles. The molecule has 1 N–H and O–H groups in total. The van der Waals surface area contributed by atoms with Crippen molar-refractivity contribution in [1.82, 2.24) is 4.90 Å². The fourth-order valence-corrected chi connectivity index (χ4v) is 2.55. The Bertz CT molecular complexity index is 277. The maximum atomic E-state index is 11.2. The monoisotopic (exact) mass is 197 g/mol. The Morgan fingerprint density at radius 1 is 1.43 bits per heavy atom. The quantitative estimate of drug-likeness (QED) is 0.709. The van der Waals surface area contributed by atoms with E-state index in [-0.39, 0.29) is 23.8 Å². The summed E-state index contributed by atoms with van der Waals surface area (Å²) in [6, 6.07) is 0.202. The highest BCUT2D eigenvalue weighted by Crippen LogP contribution is 2.46. The van der Waals surface area contributed by atoms with E-state index < -0.39 is 5.97 Å². The van der Waals surface area contributed by atoms with E-state index in [1.54, 1.807) is 6.92 Å². The molecule has 3 atom stereocenters. The summed E-state index contributed by atoms with van der Waals surface area (Å²) in [5.74, 6) is -0.590. The molecule has 4 heteroatoms. The minimum absolute atomic E-state index is 0.0866. The molecular weight excluding hydrogens is 182 g/mol. The molecule has 2 fully saturated rings. The van der Waals surface area contributed by atoms with Crippen molar-refractivity contribution in [3.8, 4) is 0 Å². The zero-order chi connectivity index (χ0) is 10.3. The second-order valence-corrected chi connectivity index (χ2v) is 4.27. The zero-order valence-electron chi connectivity index (χ0n) is 8.27. The Balaban J connectivity index is 1.99. The van der Waals surface area contributed by atoms with Gasteiger partial charge in [0.05, 0.1) is 5.92 Å². The summed E-state index contributed by atoms with van der Waals surface area (Å²) in [5, 5.41) is 8.81. The van der Waals surface area contributed by atoms with Gasteiger partial charge in [0.2, 0.25) is 5.91 Å². The Kier molecular flexibility index (Phi) is 2.21. The van der Waals surface area contributed by atoms with Gasteiger partial charge in [-0.15, -0.1) is 0 Å². The third-order valence-electron chi connectivity index (χ3n) is 3.35. The lowest BCUT2D eigenvalue weighted by atomic mass is 10.1. The Labute approximate surface area is 82.9 Å². The molecule has 1 saturated heterocycles. The van der Waals surface area contributed by atoms with Crippen molar-refractivity contribution in [2.75, 3.05) is 6.54 Å². The van der Waals surface area contributed by atoms with Crippen molar-refractivity contribution in [3.05, 3.63) is 0 Å². The van der Waals surface area contributed by atoms with Crippen molar-refractivity contribution >= 4 is 11.9 Å². The third kappa shape index (κ3) is 1.49. The maximum Gasteiger partial charge on any atom is 0.306 e. The normalized spacial score (nSPS) is 35.8. The molecule has 3 unspecified atom stereocenters. The van der Waals surface area contributed by atoms with Gasteiger partial charge in [0.25, 0.3) is 0 Å². The minimum Gasteiger partial charge on any atom is -0.481 e. The van der Waals surface area contributed by atoms with Crippen LogP contribution in [0.2, 0.25) is 0 Å². The number of amides is 1. The van der Waals surface area contributed by atoms with Crippen molar-refractivity contribution in [1.29, 1.82) is 0 Å². The molecule has 2 aliphatic rings. The van der Waals surface area contributed by atoms with Gasteiger partial charge in [-0.25, -0.2) is 0 Å². The molecule has 0 spiro atoms. The fourth-order valence-electron chi connectivity index (χ4n) is 2.55. The van der Waals surface area contributed by atoms with E-state index in [1.165, 1.54) is 0 Å². The van der Waals surface area contributed by atoms with Gasteiger partial charge in [-0.1, -0.05) is 0 Å². The molecule has 2 rings (SSSR count). The fraction of sp³-hybridized carbons (Fsp3) is 0.800. The largest absolute Gasteiger partial charge is 0.481 e. The van der Waals surface area contributed by atoms with E-state index in [0.29, 0.717) is 0 Å². The summed E-state index contributed by atoms with van der Waals surface area (Å²) in [5.41, 5.74) is 0. The maximum absolute atomic E-state index is 11.2. The third-order valence-corrected chi connectivity index (χ3v) is 3.35. The molecule has 1 aliphatic heterocycles. The van der Waals surface area contributed by atoms with Crippen molar-refractivity contribution in [2.24, 2.45) is 11.8 Å². The number of carbonyl (C=O) groups is 2. The van der Waals surface area contributed by atoms with Crippen LogP contribution in [0.1, 0.15) is 26.2 Å². The van der Waals surface area contributed by atoms with E-state index in [9.17, 15) is 9.59 Å². The lowest BCUT2D eigenvalue weighted by molar-refractivity contribution is -0.139. The number of nitrogens with zero attached hydrogens (tertiary/aromatic N) is 1. The molecule has 78 valence electrons. The predicted molar refractivity (Wildman–Crippen MR) is 49.6 cm³/mol. The first-order valence-corrected chi connectivity index (χ1v) is 5.11. The Morgan fingerprint density at radius 2 is 2.14 bits per heavy atom. The Morgan fingerprint density at radius 3 is 2.64 bits per heavy atom. The minimum atomic E-state index is -0.703. The van der Waals surface area contributed by atoms with Crippen LogP contribution in [-0.4, -0.2) is 34.5 Å². The number of aliphatic carboxylic acids is 1. The number of carboxylic acids is 1. The summed E-state index contributed by atoms with van der Waals surface area (Å²) >= 11 is 0. The molecule has 14 heavy (non-hydrogen) atoms. The molecule has 1 amide bonds. The van der Waals surface area contributed by atoms with Crippen LogP contribution >= 0.6 is 0 Å². The molecule has 0 aromatic heterocycles.